The van der Waals surface area contributed by atoms with Gasteiger partial charge in [0.25, 0.3) is 11.8 Å². The molecule has 3 aliphatic heterocycles. The maximum absolute atomic E-state index is 13.5. The van der Waals surface area contributed by atoms with Crippen LogP contribution in [0.3, 0.4) is 0 Å². The number of carboxylic acids is 2. The molecular formula is C38H50F2N10O9. The molecule has 3 saturated heterocycles. The van der Waals surface area contributed by atoms with Crippen molar-refractivity contribution in [2.24, 2.45) is 0 Å². The Morgan fingerprint density at radius 3 is 1.93 bits per heavy atom. The fraction of sp³-hybridized carbons (Fsp3) is 0.553. The lowest BCUT2D eigenvalue weighted by Gasteiger charge is -2.36. The van der Waals surface area contributed by atoms with E-state index in [9.17, 15) is 42.3 Å². The molecule has 4 N–H and O–H groups in total. The number of carbonyl (C=O) groups excluding carboxylic acids is 5. The van der Waals surface area contributed by atoms with Crippen LogP contribution >= 0.6 is 0 Å². The summed E-state index contributed by atoms with van der Waals surface area (Å²) >= 11 is 0. The second-order valence-electron chi connectivity index (χ2n) is 14.4. The Morgan fingerprint density at radius 1 is 0.847 bits per heavy atom. The molecule has 1 aromatic heterocycles. The molecule has 3 aliphatic rings. The van der Waals surface area contributed by atoms with Crippen molar-refractivity contribution in [2.45, 2.75) is 38.2 Å². The molecular weight excluding hydrogens is 778 g/mol. The molecule has 0 aliphatic carbocycles. The van der Waals surface area contributed by atoms with Gasteiger partial charge in [0.2, 0.25) is 24.1 Å². The number of rotatable bonds is 13. The summed E-state index contributed by atoms with van der Waals surface area (Å²) in [5.74, 6) is -6.24. The van der Waals surface area contributed by atoms with Gasteiger partial charge in [0, 0.05) is 89.9 Å². The van der Waals surface area contributed by atoms with Crippen molar-refractivity contribution in [1.29, 1.82) is 5.26 Å². The molecule has 3 fully saturated rings. The van der Waals surface area contributed by atoms with Crippen LogP contribution in [0.2, 0.25) is 0 Å². The van der Waals surface area contributed by atoms with Crippen molar-refractivity contribution in [3.05, 3.63) is 36.0 Å². The summed E-state index contributed by atoms with van der Waals surface area (Å²) in [7, 11) is 0. The van der Waals surface area contributed by atoms with Gasteiger partial charge in [-0.05, 0) is 18.6 Å². The average Bonchev–Trinajstić information content (AvgIpc) is 3.57. The zero-order valence-corrected chi connectivity index (χ0v) is 32.9. The Bertz CT molecular complexity index is 1860. The summed E-state index contributed by atoms with van der Waals surface area (Å²) in [5.41, 5.74) is 1.00. The number of pyridine rings is 1. The van der Waals surface area contributed by atoms with Gasteiger partial charge in [0.1, 0.15) is 6.04 Å². The van der Waals surface area contributed by atoms with E-state index >= 15 is 0 Å². The van der Waals surface area contributed by atoms with Crippen LogP contribution in [0.15, 0.2) is 30.5 Å². The van der Waals surface area contributed by atoms with Crippen LogP contribution in [-0.2, 0) is 28.8 Å². The minimum atomic E-state index is -3.12. The molecule has 0 radical (unpaired) electrons. The van der Waals surface area contributed by atoms with Gasteiger partial charge in [-0.1, -0.05) is 19.1 Å². The average molecular weight is 829 g/mol. The van der Waals surface area contributed by atoms with Gasteiger partial charge in [-0.25, -0.2) is 8.78 Å². The number of fused-ring (bicyclic) bond motifs is 1. The largest absolute Gasteiger partial charge is 0.480 e. The number of halogens is 2. The lowest BCUT2D eigenvalue weighted by atomic mass is 10.1. The maximum Gasteiger partial charge on any atom is 0.317 e. The quantitative estimate of drug-likeness (QED) is 0.192. The number of amides is 5. The summed E-state index contributed by atoms with van der Waals surface area (Å²) in [6.07, 6.45) is 2.48. The van der Waals surface area contributed by atoms with E-state index in [1.807, 2.05) is 11.8 Å². The van der Waals surface area contributed by atoms with E-state index in [0.29, 0.717) is 94.9 Å². The number of carboxylic acid groups (broad SMARTS) is 2. The highest BCUT2D eigenvalue weighted by atomic mass is 19.3. The summed E-state index contributed by atoms with van der Waals surface area (Å²) in [6, 6.07) is 6.77. The molecule has 4 heterocycles. The van der Waals surface area contributed by atoms with E-state index in [0.717, 1.165) is 11.3 Å². The third-order valence-corrected chi connectivity index (χ3v) is 10.1. The van der Waals surface area contributed by atoms with Gasteiger partial charge < -0.3 is 35.5 Å². The number of nitrogens with zero attached hydrogens (tertiary/aromatic N) is 8. The number of para-hydroxylation sites is 1. The Balaban J connectivity index is 0.000000262. The molecule has 2 aromatic rings. The first-order chi connectivity index (χ1) is 28.1. The fourth-order valence-corrected chi connectivity index (χ4v) is 7.01. The zero-order chi connectivity index (χ0) is 43.1. The predicted molar refractivity (Wildman–Crippen MR) is 207 cm³/mol. The number of alkyl halides is 2. The molecule has 5 amide bonds. The Labute approximate surface area is 339 Å². The number of nitriles is 1. The van der Waals surface area contributed by atoms with E-state index in [2.05, 4.69) is 15.6 Å². The lowest BCUT2D eigenvalue weighted by molar-refractivity contribution is -0.140. The maximum atomic E-state index is 13.5. The highest BCUT2D eigenvalue weighted by molar-refractivity contribution is 6.09. The van der Waals surface area contributed by atoms with Gasteiger partial charge in [0.15, 0.2) is 0 Å². The first kappa shape index (κ1) is 45.8. The van der Waals surface area contributed by atoms with Crippen LogP contribution in [0.4, 0.5) is 14.5 Å². The smallest absolute Gasteiger partial charge is 0.317 e. The van der Waals surface area contributed by atoms with E-state index < -0.39 is 55.2 Å². The van der Waals surface area contributed by atoms with Crippen LogP contribution in [0, 0.1) is 11.3 Å². The van der Waals surface area contributed by atoms with E-state index in [-0.39, 0.29) is 37.0 Å². The standard InChI is InChI=1S/C20H35N5O6.C18H15F2N5O3/c1-2-3-17(26)24-10-12-25(13-11-24)18(27)14-21-4-6-22(15-19(28)29)8-9-23(7-5-21)16-20(30)31;19-18(20)6-11(7-21)25(9-18)15(27)8-23-17(28)13-4-5-22-16-12(13)2-1-3-14(16)24-10-26/h2-16H2,1H3,(H,28,29)(H,30,31);1-5,10-11H,6,8-9H2,(H,23,28)(H,24,26). The molecule has 5 rings (SSSR count). The molecule has 1 unspecified atom stereocenters. The number of nitrogens with one attached hydrogen (secondary N) is 2. The van der Waals surface area contributed by atoms with Gasteiger partial charge in [0.05, 0.1) is 55.6 Å². The monoisotopic (exact) mass is 828 g/mol. The molecule has 1 atom stereocenters. The SMILES string of the molecule is CCCC(=O)N1CCN(C(=O)CN2CCN(CC(=O)O)CCN(CC(=O)O)CC2)CC1.N#CC1CC(F)(F)CN1C(=O)CNC(=O)c1ccnc2c(NC=O)cccc12. The minimum absolute atomic E-state index is 0.0172. The third-order valence-electron chi connectivity index (χ3n) is 10.1. The molecule has 0 spiro atoms. The second kappa shape index (κ2) is 21.8. The van der Waals surface area contributed by atoms with E-state index in [1.54, 1.807) is 43.9 Å². The van der Waals surface area contributed by atoms with Crippen molar-refractivity contribution >= 4 is 58.6 Å². The number of likely N-dealkylation sites (tertiary alicyclic amines) is 1. The third kappa shape index (κ3) is 13.6. The number of carbonyl (C=O) groups is 7. The van der Waals surface area contributed by atoms with Crippen molar-refractivity contribution in [3.8, 4) is 6.07 Å². The number of benzene rings is 1. The van der Waals surface area contributed by atoms with Crippen LogP contribution < -0.4 is 10.6 Å². The first-order valence-electron chi connectivity index (χ1n) is 19.2. The number of anilines is 1. The number of aromatic nitrogens is 1. The Hall–Kier alpha value is -5.85. The highest BCUT2D eigenvalue weighted by Crippen LogP contribution is 2.31. The predicted octanol–water partition coefficient (Wildman–Crippen LogP) is -0.161. The van der Waals surface area contributed by atoms with Crippen molar-refractivity contribution < 1.29 is 52.6 Å². The molecule has 0 bridgehead atoms. The Kier molecular flexibility index (Phi) is 16.9. The zero-order valence-electron chi connectivity index (χ0n) is 32.9. The number of aliphatic carboxylic acids is 2. The summed E-state index contributed by atoms with van der Waals surface area (Å²) in [5, 5.41) is 32.5. The normalized spacial score (nSPS) is 18.9. The minimum Gasteiger partial charge on any atom is -0.480 e. The topological polar surface area (TPSA) is 240 Å². The van der Waals surface area contributed by atoms with Crippen LogP contribution in [0.1, 0.15) is 36.5 Å². The van der Waals surface area contributed by atoms with Gasteiger partial charge >= 0.3 is 11.9 Å². The number of hydrogen-bond donors (Lipinski definition) is 4. The molecule has 19 nitrogen and oxygen atoms in total. The first-order valence-corrected chi connectivity index (χ1v) is 19.2. The van der Waals surface area contributed by atoms with Crippen LogP contribution in [0.5, 0.6) is 0 Å². The number of piperazine rings is 1. The molecule has 21 heteroatoms. The van der Waals surface area contributed by atoms with Gasteiger partial charge in [-0.2, -0.15) is 5.26 Å². The van der Waals surface area contributed by atoms with Crippen LogP contribution in [-0.4, -0.2) is 197 Å². The molecule has 59 heavy (non-hydrogen) atoms. The molecule has 1 aromatic carbocycles. The molecule has 320 valence electrons. The lowest BCUT2D eigenvalue weighted by Crippen LogP contribution is -2.53. The fourth-order valence-electron chi connectivity index (χ4n) is 7.01. The van der Waals surface area contributed by atoms with E-state index in [1.165, 1.54) is 12.3 Å². The summed E-state index contributed by atoms with van der Waals surface area (Å²) in [6.45, 7) is 5.69. The molecule has 0 saturated carbocycles. The van der Waals surface area contributed by atoms with Crippen LogP contribution in [0.25, 0.3) is 10.9 Å². The number of hydrogen-bond acceptors (Lipinski definition) is 12. The highest BCUT2D eigenvalue weighted by Gasteiger charge is 2.47. The summed E-state index contributed by atoms with van der Waals surface area (Å²) < 4.78 is 26.9. The van der Waals surface area contributed by atoms with Gasteiger partial charge in [-0.3, -0.25) is 53.2 Å². The van der Waals surface area contributed by atoms with Gasteiger partial charge in [-0.15, -0.1) is 0 Å². The summed E-state index contributed by atoms with van der Waals surface area (Å²) in [4.78, 5) is 96.6. The van der Waals surface area contributed by atoms with Crippen molar-refractivity contribution in [1.82, 2.24) is 39.7 Å². The van der Waals surface area contributed by atoms with Crippen molar-refractivity contribution in [3.63, 3.8) is 0 Å². The van der Waals surface area contributed by atoms with E-state index in [4.69, 9.17) is 15.5 Å². The van der Waals surface area contributed by atoms with Crippen molar-refractivity contribution in [2.75, 3.05) is 103 Å². The Morgan fingerprint density at radius 2 is 1.41 bits per heavy atom. The second-order valence-corrected chi connectivity index (χ2v) is 14.4.